The highest BCUT2D eigenvalue weighted by Gasteiger charge is 2.19. The van der Waals surface area contributed by atoms with Crippen molar-refractivity contribution in [1.82, 2.24) is 9.88 Å². The summed E-state index contributed by atoms with van der Waals surface area (Å²) in [5.41, 5.74) is 1.38. The Kier molecular flexibility index (Phi) is 5.12. The number of carbonyl (C=O) groups is 2. The van der Waals surface area contributed by atoms with E-state index in [0.717, 1.165) is 11.1 Å². The van der Waals surface area contributed by atoms with Crippen LogP contribution in [-0.4, -0.2) is 43.0 Å². The number of furan rings is 1. The van der Waals surface area contributed by atoms with Crippen molar-refractivity contribution in [1.29, 1.82) is 0 Å². The Hall–Kier alpha value is -3.35. The van der Waals surface area contributed by atoms with Crippen LogP contribution in [0.4, 0.5) is 0 Å². The largest absolute Gasteiger partial charge is 0.497 e. The summed E-state index contributed by atoms with van der Waals surface area (Å²) in [5.74, 6) is 0.962. The highest BCUT2D eigenvalue weighted by Crippen LogP contribution is 2.21. The molecule has 7 nitrogen and oxygen atoms in total. The molecular weight excluding hydrogens is 348 g/mol. The first kappa shape index (κ1) is 18.4. The lowest BCUT2D eigenvalue weighted by Gasteiger charge is -2.15. The van der Waals surface area contributed by atoms with Crippen molar-refractivity contribution in [2.45, 2.75) is 13.5 Å². The van der Waals surface area contributed by atoms with Crippen LogP contribution < -0.4 is 4.74 Å². The fraction of sp³-hybridized carbons (Fsp3) is 0.250. The molecule has 0 saturated heterocycles. The molecule has 2 heterocycles. The van der Waals surface area contributed by atoms with Crippen LogP contribution >= 0.6 is 0 Å². The van der Waals surface area contributed by atoms with Crippen LogP contribution in [0.3, 0.4) is 0 Å². The fourth-order valence-corrected chi connectivity index (χ4v) is 2.79. The topological polar surface area (TPSA) is 81.9 Å². The number of esters is 1. The van der Waals surface area contributed by atoms with Gasteiger partial charge in [0.2, 0.25) is 0 Å². The van der Waals surface area contributed by atoms with E-state index in [1.165, 1.54) is 12.0 Å². The molecule has 140 valence electrons. The second-order valence-electron chi connectivity index (χ2n) is 6.09. The molecule has 2 aromatic heterocycles. The third-order valence-electron chi connectivity index (χ3n) is 4.23. The van der Waals surface area contributed by atoms with Crippen molar-refractivity contribution in [2.24, 2.45) is 0 Å². The summed E-state index contributed by atoms with van der Waals surface area (Å²) in [4.78, 5) is 30.3. The molecule has 7 heteroatoms. The molecule has 0 bridgehead atoms. The summed E-state index contributed by atoms with van der Waals surface area (Å²) in [7, 11) is 4.56. The number of fused-ring (bicyclic) bond motifs is 1. The lowest BCUT2D eigenvalue weighted by Crippen LogP contribution is -2.26. The molecule has 0 N–H and O–H groups in total. The number of aromatic nitrogens is 1. The van der Waals surface area contributed by atoms with Crippen LogP contribution in [0.15, 0.2) is 40.8 Å². The SMILES string of the molecule is COC(=O)c1cc(CN(C)C(=O)c2ccc3cc(OC)ccc3n2)oc1C. The molecule has 0 aliphatic carbocycles. The average molecular weight is 368 g/mol. The average Bonchev–Trinajstić information content (AvgIpc) is 3.05. The molecule has 0 atom stereocenters. The normalized spacial score (nSPS) is 10.7. The minimum absolute atomic E-state index is 0.207. The van der Waals surface area contributed by atoms with E-state index in [4.69, 9.17) is 13.9 Å². The number of aryl methyl sites for hydroxylation is 1. The maximum Gasteiger partial charge on any atom is 0.341 e. The third kappa shape index (κ3) is 3.76. The van der Waals surface area contributed by atoms with E-state index in [1.807, 2.05) is 18.2 Å². The molecule has 0 saturated carbocycles. The number of amides is 1. The maximum atomic E-state index is 12.7. The van der Waals surface area contributed by atoms with Gasteiger partial charge < -0.3 is 18.8 Å². The van der Waals surface area contributed by atoms with Crippen molar-refractivity contribution in [3.63, 3.8) is 0 Å². The van der Waals surface area contributed by atoms with E-state index in [-0.39, 0.29) is 12.5 Å². The Morgan fingerprint density at radius 3 is 2.63 bits per heavy atom. The number of rotatable bonds is 5. The predicted molar refractivity (Wildman–Crippen MR) is 98.9 cm³/mol. The summed E-state index contributed by atoms with van der Waals surface area (Å²) < 4.78 is 15.5. The Bertz CT molecular complexity index is 1010. The molecule has 3 rings (SSSR count). The van der Waals surface area contributed by atoms with E-state index in [0.29, 0.717) is 28.3 Å². The molecule has 1 aromatic carbocycles. The lowest BCUT2D eigenvalue weighted by molar-refractivity contribution is 0.0598. The minimum Gasteiger partial charge on any atom is -0.497 e. The zero-order valence-electron chi connectivity index (χ0n) is 15.6. The number of hydrogen-bond acceptors (Lipinski definition) is 6. The quantitative estimate of drug-likeness (QED) is 0.643. The number of ether oxygens (including phenoxy) is 2. The van der Waals surface area contributed by atoms with Crippen molar-refractivity contribution >= 4 is 22.8 Å². The monoisotopic (exact) mass is 368 g/mol. The number of pyridine rings is 1. The molecular formula is C20H20N2O5. The Morgan fingerprint density at radius 1 is 1.15 bits per heavy atom. The van der Waals surface area contributed by atoms with Crippen LogP contribution in [0.5, 0.6) is 5.75 Å². The standard InChI is InChI=1S/C20H20N2O5/c1-12-16(20(24)26-4)10-15(27-12)11-22(2)19(23)18-7-5-13-9-14(25-3)6-8-17(13)21-18/h5-10H,11H2,1-4H3. The molecule has 0 spiro atoms. The van der Waals surface area contributed by atoms with Crippen LogP contribution in [0.1, 0.15) is 32.4 Å². The highest BCUT2D eigenvalue weighted by molar-refractivity contribution is 5.95. The second-order valence-corrected chi connectivity index (χ2v) is 6.09. The summed E-state index contributed by atoms with van der Waals surface area (Å²) in [6, 6.07) is 10.6. The summed E-state index contributed by atoms with van der Waals surface area (Å²) in [6.45, 7) is 1.88. The van der Waals surface area contributed by atoms with Crippen molar-refractivity contribution < 1.29 is 23.5 Å². The maximum absolute atomic E-state index is 12.7. The Balaban J connectivity index is 1.79. The number of benzene rings is 1. The van der Waals surface area contributed by atoms with Crippen molar-refractivity contribution in [3.05, 3.63) is 59.2 Å². The minimum atomic E-state index is -0.469. The highest BCUT2D eigenvalue weighted by atomic mass is 16.5. The molecule has 0 fully saturated rings. The van der Waals surface area contributed by atoms with Gasteiger partial charge in [0, 0.05) is 12.4 Å². The molecule has 0 unspecified atom stereocenters. The van der Waals surface area contributed by atoms with Gasteiger partial charge in [-0.3, -0.25) is 4.79 Å². The Morgan fingerprint density at radius 2 is 1.93 bits per heavy atom. The predicted octanol–water partition coefficient (Wildman–Crippen LogP) is 3.20. The van der Waals surface area contributed by atoms with Gasteiger partial charge in [-0.05, 0) is 37.3 Å². The van der Waals surface area contributed by atoms with Crippen LogP contribution in [0.2, 0.25) is 0 Å². The van der Waals surface area contributed by atoms with Gasteiger partial charge in [-0.2, -0.15) is 0 Å². The molecule has 3 aromatic rings. The molecule has 0 aliphatic heterocycles. The lowest BCUT2D eigenvalue weighted by atomic mass is 10.2. The number of hydrogen-bond donors (Lipinski definition) is 0. The summed E-state index contributed by atoms with van der Waals surface area (Å²) in [5, 5.41) is 0.887. The van der Waals surface area contributed by atoms with Crippen molar-refractivity contribution in [2.75, 3.05) is 21.3 Å². The zero-order chi connectivity index (χ0) is 19.6. The van der Waals surface area contributed by atoms with Gasteiger partial charge in [0.05, 0.1) is 26.3 Å². The third-order valence-corrected chi connectivity index (χ3v) is 4.23. The van der Waals surface area contributed by atoms with E-state index in [1.54, 1.807) is 39.3 Å². The first-order valence-corrected chi connectivity index (χ1v) is 8.31. The van der Waals surface area contributed by atoms with Crippen LogP contribution in [0, 0.1) is 6.92 Å². The van der Waals surface area contributed by atoms with E-state index in [2.05, 4.69) is 4.98 Å². The first-order chi connectivity index (χ1) is 12.9. The number of carbonyl (C=O) groups excluding carboxylic acids is 2. The second kappa shape index (κ2) is 7.49. The van der Waals surface area contributed by atoms with Crippen LogP contribution in [0.25, 0.3) is 10.9 Å². The van der Waals surface area contributed by atoms with Gasteiger partial charge in [0.15, 0.2) is 0 Å². The van der Waals surface area contributed by atoms with Gasteiger partial charge in [-0.1, -0.05) is 6.07 Å². The van der Waals surface area contributed by atoms with E-state index in [9.17, 15) is 9.59 Å². The molecule has 0 aliphatic rings. The zero-order valence-corrected chi connectivity index (χ0v) is 15.6. The van der Waals surface area contributed by atoms with Crippen LogP contribution in [-0.2, 0) is 11.3 Å². The fourth-order valence-electron chi connectivity index (χ4n) is 2.79. The molecule has 27 heavy (non-hydrogen) atoms. The number of methoxy groups -OCH3 is 2. The number of nitrogens with zero attached hydrogens (tertiary/aromatic N) is 2. The summed E-state index contributed by atoms with van der Waals surface area (Å²) >= 11 is 0. The van der Waals surface area contributed by atoms with Gasteiger partial charge in [0.25, 0.3) is 5.91 Å². The van der Waals surface area contributed by atoms with Gasteiger partial charge in [-0.25, -0.2) is 9.78 Å². The molecule has 1 amide bonds. The van der Waals surface area contributed by atoms with Gasteiger partial charge in [-0.15, -0.1) is 0 Å². The van der Waals surface area contributed by atoms with Gasteiger partial charge in [0.1, 0.15) is 28.5 Å². The Labute approximate surface area is 156 Å². The first-order valence-electron chi connectivity index (χ1n) is 8.31. The van der Waals surface area contributed by atoms with E-state index < -0.39 is 5.97 Å². The smallest absolute Gasteiger partial charge is 0.341 e. The van der Waals surface area contributed by atoms with Crippen molar-refractivity contribution in [3.8, 4) is 5.75 Å². The van der Waals surface area contributed by atoms with E-state index >= 15 is 0 Å². The van der Waals surface area contributed by atoms with Gasteiger partial charge >= 0.3 is 5.97 Å². The molecule has 0 radical (unpaired) electrons. The summed E-state index contributed by atoms with van der Waals surface area (Å²) in [6.07, 6.45) is 0.